The molecule has 0 saturated carbocycles. The van der Waals surface area contributed by atoms with Gasteiger partial charge in [0.05, 0.1) is 0 Å². The lowest BCUT2D eigenvalue weighted by atomic mass is 10.2. The van der Waals surface area contributed by atoms with Crippen LogP contribution in [-0.4, -0.2) is 4.68 Å². The van der Waals surface area contributed by atoms with Gasteiger partial charge in [-0.3, -0.25) is 4.68 Å². The van der Waals surface area contributed by atoms with Gasteiger partial charge in [-0.05, 0) is 25.0 Å². The highest BCUT2D eigenvalue weighted by atomic mass is 15.3. The van der Waals surface area contributed by atoms with E-state index in [-0.39, 0.29) is 0 Å². The van der Waals surface area contributed by atoms with E-state index in [0.29, 0.717) is 0 Å². The van der Waals surface area contributed by atoms with Crippen LogP contribution < -0.4 is 5.84 Å². The van der Waals surface area contributed by atoms with E-state index in [1.807, 2.05) is 26.2 Å². The van der Waals surface area contributed by atoms with Crippen molar-refractivity contribution in [3.05, 3.63) is 23.5 Å². The first-order valence-corrected chi connectivity index (χ1v) is 2.60. The minimum absolute atomic E-state index is 1.24. The predicted octanol–water partition coefficient (Wildman–Crippen LogP) is 0.819. The Balaban J connectivity index is 3.14. The van der Waals surface area contributed by atoms with Gasteiger partial charge in [-0.1, -0.05) is 0 Å². The summed E-state index contributed by atoms with van der Waals surface area (Å²) in [5.41, 5.74) is 2.49. The first kappa shape index (κ1) is 5.22. The highest BCUT2D eigenvalue weighted by molar-refractivity contribution is 5.20. The Bertz CT molecular complexity index is 169. The van der Waals surface area contributed by atoms with Crippen molar-refractivity contribution in [1.82, 2.24) is 4.68 Å². The molecule has 2 nitrogen and oxygen atoms in total. The zero-order valence-electron chi connectivity index (χ0n) is 5.18. The third-order valence-corrected chi connectivity index (χ3v) is 1.31. The number of rotatable bonds is 0. The molecule has 44 valence electrons. The van der Waals surface area contributed by atoms with Crippen molar-refractivity contribution >= 4 is 0 Å². The summed E-state index contributed by atoms with van der Waals surface area (Å²) in [4.78, 5) is 0. The molecule has 0 aliphatic rings. The van der Waals surface area contributed by atoms with Crippen LogP contribution >= 0.6 is 0 Å². The molecule has 0 aliphatic heterocycles. The van der Waals surface area contributed by atoms with E-state index >= 15 is 0 Å². The fourth-order valence-corrected chi connectivity index (χ4v) is 0.688. The fourth-order valence-electron chi connectivity index (χ4n) is 0.688. The highest BCUT2D eigenvalue weighted by Gasteiger charge is 1.91. The van der Waals surface area contributed by atoms with Gasteiger partial charge in [0.25, 0.3) is 0 Å². The van der Waals surface area contributed by atoms with Crippen LogP contribution in [0, 0.1) is 13.8 Å². The summed E-state index contributed by atoms with van der Waals surface area (Å²) in [6.07, 6.45) is 3.80. The number of hydrogen-bond acceptors (Lipinski definition) is 1. The summed E-state index contributed by atoms with van der Waals surface area (Å²) in [7, 11) is 0. The van der Waals surface area contributed by atoms with E-state index in [1.54, 1.807) is 4.68 Å². The average molecular weight is 110 g/mol. The van der Waals surface area contributed by atoms with Crippen LogP contribution in [0.3, 0.4) is 0 Å². The second-order valence-electron chi connectivity index (χ2n) is 2.07. The quantitative estimate of drug-likeness (QED) is 0.492. The van der Waals surface area contributed by atoms with Gasteiger partial charge >= 0.3 is 0 Å². The number of nitrogen functional groups attached to an aromatic ring is 1. The van der Waals surface area contributed by atoms with E-state index in [9.17, 15) is 0 Å². The molecular weight excluding hydrogens is 100 g/mol. The summed E-state index contributed by atoms with van der Waals surface area (Å²) in [5, 5.41) is 0. The molecule has 0 aromatic carbocycles. The standard InChI is InChI=1S/C6H10N2/c1-5-3-8(7)4-6(5)2/h3-4H,7H2,1-2H3. The van der Waals surface area contributed by atoms with E-state index in [2.05, 4.69) is 0 Å². The van der Waals surface area contributed by atoms with Crippen LogP contribution in [0.4, 0.5) is 0 Å². The molecule has 0 aliphatic carbocycles. The largest absolute Gasteiger partial charge is 0.340 e. The first-order valence-electron chi connectivity index (χ1n) is 2.60. The van der Waals surface area contributed by atoms with Gasteiger partial charge in [0, 0.05) is 12.4 Å². The van der Waals surface area contributed by atoms with Crippen LogP contribution in [0.2, 0.25) is 0 Å². The zero-order chi connectivity index (χ0) is 6.15. The molecule has 2 heteroatoms. The SMILES string of the molecule is Cc1cn(N)cc1C. The molecule has 0 spiro atoms. The van der Waals surface area contributed by atoms with Gasteiger partial charge < -0.3 is 5.84 Å². The van der Waals surface area contributed by atoms with Crippen LogP contribution in [-0.2, 0) is 0 Å². The second-order valence-corrected chi connectivity index (χ2v) is 2.07. The Hall–Kier alpha value is -0.920. The molecule has 0 bridgehead atoms. The summed E-state index contributed by atoms with van der Waals surface area (Å²) in [6.45, 7) is 4.08. The lowest BCUT2D eigenvalue weighted by Gasteiger charge is -1.82. The maximum Gasteiger partial charge on any atom is 0.0288 e. The minimum Gasteiger partial charge on any atom is -0.340 e. The van der Waals surface area contributed by atoms with Gasteiger partial charge in [-0.25, -0.2) is 0 Å². The Labute approximate surface area is 48.9 Å². The van der Waals surface area contributed by atoms with Crippen molar-refractivity contribution in [3.63, 3.8) is 0 Å². The van der Waals surface area contributed by atoms with Crippen LogP contribution in [0.1, 0.15) is 11.1 Å². The maximum atomic E-state index is 5.40. The molecule has 0 radical (unpaired) electrons. The first-order chi connectivity index (χ1) is 3.70. The number of aryl methyl sites for hydroxylation is 2. The Kier molecular flexibility index (Phi) is 1.01. The molecule has 0 fully saturated rings. The maximum absolute atomic E-state index is 5.40. The third kappa shape index (κ3) is 0.689. The van der Waals surface area contributed by atoms with E-state index in [4.69, 9.17) is 5.84 Å². The van der Waals surface area contributed by atoms with Crippen molar-refractivity contribution < 1.29 is 0 Å². The molecule has 0 amide bonds. The lowest BCUT2D eigenvalue weighted by Crippen LogP contribution is -2.02. The van der Waals surface area contributed by atoms with Crippen molar-refractivity contribution in [2.75, 3.05) is 5.84 Å². The summed E-state index contributed by atoms with van der Waals surface area (Å²) in [6, 6.07) is 0. The molecule has 0 saturated heterocycles. The molecule has 8 heavy (non-hydrogen) atoms. The molecule has 1 heterocycles. The number of hydrogen-bond donors (Lipinski definition) is 1. The molecule has 1 aromatic rings. The average Bonchev–Trinajstić information content (AvgIpc) is 1.85. The smallest absolute Gasteiger partial charge is 0.0288 e. The normalized spacial score (nSPS) is 9.75. The van der Waals surface area contributed by atoms with Crippen LogP contribution in [0.5, 0.6) is 0 Å². The molecule has 2 N–H and O–H groups in total. The minimum atomic E-state index is 1.24. The molecule has 0 unspecified atom stereocenters. The van der Waals surface area contributed by atoms with E-state index in [0.717, 1.165) is 0 Å². The van der Waals surface area contributed by atoms with Crippen molar-refractivity contribution in [2.45, 2.75) is 13.8 Å². The number of nitrogens with two attached hydrogens (primary N) is 1. The lowest BCUT2D eigenvalue weighted by molar-refractivity contribution is 1.01. The van der Waals surface area contributed by atoms with E-state index in [1.165, 1.54) is 11.1 Å². The molecular formula is C6H10N2. The zero-order valence-corrected chi connectivity index (χ0v) is 5.18. The predicted molar refractivity (Wildman–Crippen MR) is 34.1 cm³/mol. The van der Waals surface area contributed by atoms with Crippen molar-refractivity contribution in [1.29, 1.82) is 0 Å². The van der Waals surface area contributed by atoms with Crippen LogP contribution in [0.25, 0.3) is 0 Å². The van der Waals surface area contributed by atoms with Gasteiger partial charge in [0.2, 0.25) is 0 Å². The number of aromatic nitrogens is 1. The molecule has 0 atom stereocenters. The Morgan fingerprint density at radius 3 is 1.75 bits per heavy atom. The van der Waals surface area contributed by atoms with Crippen LogP contribution in [0.15, 0.2) is 12.4 Å². The van der Waals surface area contributed by atoms with Crippen molar-refractivity contribution in [2.24, 2.45) is 0 Å². The number of nitrogens with zero attached hydrogens (tertiary/aromatic N) is 1. The third-order valence-electron chi connectivity index (χ3n) is 1.31. The van der Waals surface area contributed by atoms with Gasteiger partial charge in [0.15, 0.2) is 0 Å². The topological polar surface area (TPSA) is 30.9 Å². The fraction of sp³-hybridized carbons (Fsp3) is 0.333. The van der Waals surface area contributed by atoms with Crippen molar-refractivity contribution in [3.8, 4) is 0 Å². The van der Waals surface area contributed by atoms with Gasteiger partial charge in [-0.15, -0.1) is 0 Å². The molecule has 1 aromatic heterocycles. The summed E-state index contributed by atoms with van der Waals surface area (Å²) < 4.78 is 1.57. The highest BCUT2D eigenvalue weighted by Crippen LogP contribution is 2.03. The Morgan fingerprint density at radius 1 is 1.25 bits per heavy atom. The van der Waals surface area contributed by atoms with E-state index < -0.39 is 0 Å². The summed E-state index contributed by atoms with van der Waals surface area (Å²) in [5.74, 6) is 5.40. The molecule has 1 rings (SSSR count). The second kappa shape index (κ2) is 1.54. The summed E-state index contributed by atoms with van der Waals surface area (Å²) >= 11 is 0. The monoisotopic (exact) mass is 110 g/mol. The van der Waals surface area contributed by atoms with Gasteiger partial charge in [-0.2, -0.15) is 0 Å². The van der Waals surface area contributed by atoms with Gasteiger partial charge in [0.1, 0.15) is 0 Å². The Morgan fingerprint density at radius 2 is 1.62 bits per heavy atom.